The number of nitrogens with one attached hydrogen (secondary N) is 3. The van der Waals surface area contributed by atoms with E-state index in [0.717, 1.165) is 65.2 Å². The molecule has 6 aliphatic rings. The highest BCUT2D eigenvalue weighted by atomic mass is 16.8. The van der Waals surface area contributed by atoms with Crippen LogP contribution in [0.1, 0.15) is 195 Å². The molecule has 36 heteroatoms. The van der Waals surface area contributed by atoms with Crippen LogP contribution < -0.4 is 16.0 Å². The molecule has 6 aliphatic heterocycles. The number of rotatable bonds is 50. The number of carbonyl (C=O) groups is 3. The SMILES string of the molecule is CCCCCCCCCCCCC/C=C/[C@@H](O)[C@H](CO[C@@H]1OC(CO)[C@@H](O[C@@H]2OC(CO)[C@H](O[C@@H]3OC(CO)[C@H](O)[C@H](O[C@@H]4OC(CO[C@@H]5OC(CO)[C@@H](O)[C@H](O)C5NC(C)=O)[C@H](O)[C@H](O[C@@H]5OC(CO)[C@H](O)[C@H](O)C5O)C4NC(C)=O)C3O)[C@H](O)C2O)[C@H](O)C1O)NC(=O)CCCCCCCCCCCCCCC. The summed E-state index contributed by atoms with van der Waals surface area (Å²) in [4.78, 5) is 38.8. The molecule has 6 fully saturated rings. The Morgan fingerprint density at radius 2 is 0.736 bits per heavy atom. The first-order valence-corrected chi connectivity index (χ1v) is 40.0. The molecule has 0 saturated carbocycles. The summed E-state index contributed by atoms with van der Waals surface area (Å²) in [6.07, 6.45) is -23.9. The van der Waals surface area contributed by atoms with Gasteiger partial charge in [0.05, 0.1) is 58.4 Å². The molecule has 0 radical (unpaired) electrons. The summed E-state index contributed by atoms with van der Waals surface area (Å²) in [7, 11) is 0. The lowest BCUT2D eigenvalue weighted by Crippen LogP contribution is -2.70. The predicted octanol–water partition coefficient (Wildman–Crippen LogP) is -3.20. The van der Waals surface area contributed by atoms with Crippen LogP contribution in [0.25, 0.3) is 0 Å². The quantitative estimate of drug-likeness (QED) is 0.0211. The molecule has 36 nitrogen and oxygen atoms in total. The van der Waals surface area contributed by atoms with Gasteiger partial charge >= 0.3 is 0 Å². The van der Waals surface area contributed by atoms with Crippen LogP contribution >= 0.6 is 0 Å². The largest absolute Gasteiger partial charge is 0.394 e. The third-order valence-corrected chi connectivity index (χ3v) is 21.2. The van der Waals surface area contributed by atoms with E-state index in [1.54, 1.807) is 6.08 Å². The average molecular weight is 1590 g/mol. The molecule has 0 aliphatic carbocycles. The van der Waals surface area contributed by atoms with Crippen molar-refractivity contribution >= 4 is 17.7 Å². The maximum Gasteiger partial charge on any atom is 0.220 e. The molecule has 6 rings (SSSR count). The van der Waals surface area contributed by atoms with Crippen molar-refractivity contribution in [2.24, 2.45) is 0 Å². The van der Waals surface area contributed by atoms with E-state index in [1.165, 1.54) is 96.3 Å². The lowest BCUT2D eigenvalue weighted by atomic mass is 9.94. The van der Waals surface area contributed by atoms with Crippen molar-refractivity contribution in [2.75, 3.05) is 46.2 Å². The molecule has 6 heterocycles. The zero-order valence-corrected chi connectivity index (χ0v) is 64.1. The third-order valence-electron chi connectivity index (χ3n) is 21.2. The van der Waals surface area contributed by atoms with Crippen LogP contribution in [-0.2, 0) is 71.2 Å². The Labute approximate surface area is 643 Å². The molecule has 642 valence electrons. The molecule has 6 saturated heterocycles. The van der Waals surface area contributed by atoms with Crippen LogP contribution in [0.2, 0.25) is 0 Å². The summed E-state index contributed by atoms with van der Waals surface area (Å²) in [6.45, 7) is 0.248. The number of hydrogen-bond donors (Lipinski definition) is 21. The molecule has 0 bridgehead atoms. The van der Waals surface area contributed by atoms with Crippen molar-refractivity contribution in [1.82, 2.24) is 16.0 Å². The minimum Gasteiger partial charge on any atom is -0.394 e. The lowest BCUT2D eigenvalue weighted by molar-refractivity contribution is -0.390. The molecule has 21 N–H and O–H groups in total. The molecule has 0 aromatic heterocycles. The van der Waals surface area contributed by atoms with E-state index < -0.39 is 254 Å². The highest BCUT2D eigenvalue weighted by Gasteiger charge is 2.58. The van der Waals surface area contributed by atoms with Crippen molar-refractivity contribution in [3.8, 4) is 0 Å². The van der Waals surface area contributed by atoms with Crippen LogP contribution in [0, 0.1) is 0 Å². The van der Waals surface area contributed by atoms with Crippen molar-refractivity contribution in [3.63, 3.8) is 0 Å². The zero-order chi connectivity index (χ0) is 80.6. The van der Waals surface area contributed by atoms with Crippen LogP contribution in [0.3, 0.4) is 0 Å². The average Bonchev–Trinajstić information content (AvgIpc) is 0.767. The van der Waals surface area contributed by atoms with E-state index in [9.17, 15) is 106 Å². The van der Waals surface area contributed by atoms with Crippen molar-refractivity contribution < 1.29 is 163 Å². The maximum absolute atomic E-state index is 13.5. The topological polar surface area (TPSA) is 562 Å². The van der Waals surface area contributed by atoms with E-state index in [2.05, 4.69) is 29.8 Å². The summed E-state index contributed by atoms with van der Waals surface area (Å²) in [5.74, 6) is -1.98. The zero-order valence-electron chi connectivity index (χ0n) is 64.1. The fraction of sp³-hybridized carbons (Fsp3) is 0.932. The Kier molecular flexibility index (Phi) is 44.0. The van der Waals surface area contributed by atoms with Crippen LogP contribution in [0.4, 0.5) is 0 Å². The smallest absolute Gasteiger partial charge is 0.220 e. The predicted molar refractivity (Wildman–Crippen MR) is 385 cm³/mol. The van der Waals surface area contributed by atoms with Crippen LogP contribution in [0.5, 0.6) is 0 Å². The number of aliphatic hydroxyl groups excluding tert-OH is 18. The Balaban J connectivity index is 1.12. The van der Waals surface area contributed by atoms with Crippen LogP contribution in [0.15, 0.2) is 12.2 Å². The highest BCUT2D eigenvalue weighted by molar-refractivity contribution is 5.76. The van der Waals surface area contributed by atoms with Gasteiger partial charge in [-0.2, -0.15) is 0 Å². The summed E-state index contributed by atoms with van der Waals surface area (Å²) >= 11 is 0. The Morgan fingerprint density at radius 1 is 0.364 bits per heavy atom. The summed E-state index contributed by atoms with van der Waals surface area (Å²) < 4.78 is 71.0. The molecule has 32 atom stereocenters. The van der Waals surface area contributed by atoms with Gasteiger partial charge in [0.15, 0.2) is 37.7 Å². The fourth-order valence-electron chi connectivity index (χ4n) is 14.6. The number of ether oxygens (including phenoxy) is 12. The van der Waals surface area contributed by atoms with Crippen LogP contribution in [-0.4, -0.2) is 352 Å². The van der Waals surface area contributed by atoms with E-state index in [1.807, 2.05) is 6.08 Å². The Morgan fingerprint density at radius 3 is 1.23 bits per heavy atom. The standard InChI is InChI=1S/C74H133N3O33/c1-5-7-9-11-13-15-17-19-21-23-25-27-29-31-43(85)42(77-50(86)32-30-28-26-24-22-20-18-16-14-12-10-8-6-2)38-99-71-62(96)59(93)65(47(36-81)104-71)107-73-63(97)60(94)66(48(37-82)105-73)108-74-64(98)68(55(89)46(35-80)103-74)110-70-52(76-41(4)84)67(109-72-61(95)58(92)54(88)45(34-79)102-72)56(90)49(106-70)39-100-69-51(75-40(3)83)57(91)53(87)44(33-78)101-69/h29,31,42-49,51-74,78-82,85,87-98H,5-28,30,32-39H2,1-4H3,(H,75,83)(H,76,84)(H,77,86)/b31-29+/t42-,43+,44?,45?,46?,47?,48?,49?,51?,52?,53+,54-,55-,56-,57+,58-,59+,60+,61?,62?,63?,64?,65+,66-,67+,68-,69+,70-,71+,72-,73-,74-/m0/s1. The van der Waals surface area contributed by atoms with Crippen molar-refractivity contribution in [1.29, 1.82) is 0 Å². The molecular formula is C74H133N3O33. The Hall–Kier alpha value is -3.05. The van der Waals surface area contributed by atoms with Crippen molar-refractivity contribution in [2.45, 2.75) is 391 Å². The Bertz CT molecular complexity index is 2560. The monoisotopic (exact) mass is 1590 g/mol. The van der Waals surface area contributed by atoms with Gasteiger partial charge in [0.25, 0.3) is 0 Å². The van der Waals surface area contributed by atoms with E-state index in [4.69, 9.17) is 56.8 Å². The molecule has 0 spiro atoms. The molecular weight excluding hydrogens is 1460 g/mol. The normalized spacial score (nSPS) is 37.7. The van der Waals surface area contributed by atoms with Gasteiger partial charge in [0, 0.05) is 20.3 Å². The summed E-state index contributed by atoms with van der Waals surface area (Å²) in [5.41, 5.74) is 0. The number of allylic oxidation sites excluding steroid dienone is 1. The van der Waals surface area contributed by atoms with Gasteiger partial charge in [-0.05, 0) is 19.3 Å². The minimum absolute atomic E-state index is 0.176. The number of amides is 3. The minimum atomic E-state index is -2.31. The van der Waals surface area contributed by atoms with Gasteiger partial charge in [-0.15, -0.1) is 0 Å². The van der Waals surface area contributed by atoms with Gasteiger partial charge in [-0.25, -0.2) is 0 Å². The first kappa shape index (κ1) is 95.8. The van der Waals surface area contributed by atoms with Gasteiger partial charge in [-0.1, -0.05) is 167 Å². The molecule has 3 amide bonds. The summed E-state index contributed by atoms with van der Waals surface area (Å²) in [5, 5.41) is 208. The second kappa shape index (κ2) is 50.5. The third kappa shape index (κ3) is 28.7. The first-order valence-electron chi connectivity index (χ1n) is 40.0. The second-order valence-corrected chi connectivity index (χ2v) is 30.0. The van der Waals surface area contributed by atoms with Crippen molar-refractivity contribution in [3.05, 3.63) is 12.2 Å². The number of carbonyl (C=O) groups excluding carboxylic acids is 3. The second-order valence-electron chi connectivity index (χ2n) is 30.0. The van der Waals surface area contributed by atoms with E-state index in [0.29, 0.717) is 12.8 Å². The number of aliphatic hydroxyl groups is 18. The van der Waals surface area contributed by atoms with Gasteiger partial charge < -0.3 is 165 Å². The van der Waals surface area contributed by atoms with Gasteiger partial charge in [0.2, 0.25) is 17.7 Å². The molecule has 0 aromatic carbocycles. The molecule has 0 aromatic rings. The maximum atomic E-state index is 13.5. The first-order chi connectivity index (χ1) is 52.8. The summed E-state index contributed by atoms with van der Waals surface area (Å²) in [6, 6.07) is -4.48. The van der Waals surface area contributed by atoms with Gasteiger partial charge in [-0.3, -0.25) is 14.4 Å². The van der Waals surface area contributed by atoms with E-state index in [-0.39, 0.29) is 12.3 Å². The number of unbranched alkanes of at least 4 members (excludes halogenated alkanes) is 23. The van der Waals surface area contributed by atoms with E-state index >= 15 is 0 Å². The molecule has 12 unspecified atom stereocenters. The van der Waals surface area contributed by atoms with Gasteiger partial charge in [0.1, 0.15) is 146 Å². The fourth-order valence-corrected chi connectivity index (χ4v) is 14.6. The number of hydrogen-bond acceptors (Lipinski definition) is 33. The highest BCUT2D eigenvalue weighted by Crippen LogP contribution is 2.37. The molecule has 110 heavy (non-hydrogen) atoms. The lowest BCUT2D eigenvalue weighted by Gasteiger charge is -2.50.